The monoisotopic (exact) mass is 317 g/mol. The molecule has 23 heavy (non-hydrogen) atoms. The summed E-state index contributed by atoms with van der Waals surface area (Å²) in [7, 11) is 0. The summed E-state index contributed by atoms with van der Waals surface area (Å²) in [6.45, 7) is 5.55. The van der Waals surface area contributed by atoms with E-state index in [0.717, 1.165) is 11.1 Å². The standard InChI is InChI=1S/C18H20FNO3/c1-4-17(21)20(22)18-14(6-5-7-15(18)19)11-23-16-9-8-12(2)10-13(16)3/h5-10,22H,4,11H2,1-3H3. The van der Waals surface area contributed by atoms with Crippen molar-refractivity contribution in [2.75, 3.05) is 5.06 Å². The molecule has 0 bridgehead atoms. The number of ether oxygens (including phenoxy) is 1. The minimum Gasteiger partial charge on any atom is -0.489 e. The molecule has 0 saturated heterocycles. The number of benzene rings is 2. The van der Waals surface area contributed by atoms with E-state index >= 15 is 0 Å². The Morgan fingerprint density at radius 2 is 2.00 bits per heavy atom. The molecule has 2 aromatic carbocycles. The van der Waals surface area contributed by atoms with E-state index in [-0.39, 0.29) is 18.7 Å². The van der Waals surface area contributed by atoms with Crippen LogP contribution in [-0.2, 0) is 11.4 Å². The summed E-state index contributed by atoms with van der Waals surface area (Å²) < 4.78 is 19.8. The molecule has 0 fully saturated rings. The van der Waals surface area contributed by atoms with E-state index in [9.17, 15) is 14.4 Å². The van der Waals surface area contributed by atoms with Gasteiger partial charge in [-0.05, 0) is 31.5 Å². The number of nitrogens with zero attached hydrogens (tertiary/aromatic N) is 1. The van der Waals surface area contributed by atoms with Crippen LogP contribution in [0.1, 0.15) is 30.0 Å². The summed E-state index contributed by atoms with van der Waals surface area (Å²) in [6, 6.07) is 10.1. The molecule has 0 spiro atoms. The quantitative estimate of drug-likeness (QED) is 0.665. The third-order valence-corrected chi connectivity index (χ3v) is 3.53. The predicted molar refractivity (Wildman–Crippen MR) is 86.2 cm³/mol. The molecule has 1 N–H and O–H groups in total. The molecule has 0 aliphatic heterocycles. The van der Waals surface area contributed by atoms with E-state index in [1.807, 2.05) is 32.0 Å². The lowest BCUT2D eigenvalue weighted by molar-refractivity contribution is -0.123. The highest BCUT2D eigenvalue weighted by atomic mass is 19.1. The van der Waals surface area contributed by atoms with Crippen LogP contribution in [0.5, 0.6) is 5.75 Å². The van der Waals surface area contributed by atoms with Crippen LogP contribution in [0.4, 0.5) is 10.1 Å². The lowest BCUT2D eigenvalue weighted by Crippen LogP contribution is -2.28. The number of hydroxylamine groups is 1. The van der Waals surface area contributed by atoms with Crippen LogP contribution in [0.2, 0.25) is 0 Å². The number of para-hydroxylation sites is 1. The molecule has 0 aliphatic rings. The van der Waals surface area contributed by atoms with E-state index in [0.29, 0.717) is 16.4 Å². The van der Waals surface area contributed by atoms with Gasteiger partial charge >= 0.3 is 0 Å². The van der Waals surface area contributed by atoms with Crippen LogP contribution >= 0.6 is 0 Å². The number of carbonyl (C=O) groups is 1. The molecule has 0 atom stereocenters. The summed E-state index contributed by atoms with van der Waals surface area (Å²) >= 11 is 0. The Balaban J connectivity index is 2.26. The Morgan fingerprint density at radius 1 is 1.26 bits per heavy atom. The van der Waals surface area contributed by atoms with Crippen molar-refractivity contribution in [2.45, 2.75) is 33.8 Å². The summed E-state index contributed by atoms with van der Waals surface area (Å²) in [6.07, 6.45) is 0.0716. The topological polar surface area (TPSA) is 49.8 Å². The number of hydrogen-bond donors (Lipinski definition) is 1. The van der Waals surface area contributed by atoms with Gasteiger partial charge in [0.05, 0.1) is 0 Å². The van der Waals surface area contributed by atoms with Crippen LogP contribution in [0.25, 0.3) is 0 Å². The molecule has 0 aromatic heterocycles. The van der Waals surface area contributed by atoms with E-state index < -0.39 is 11.7 Å². The van der Waals surface area contributed by atoms with Crippen molar-refractivity contribution in [3.63, 3.8) is 0 Å². The zero-order valence-corrected chi connectivity index (χ0v) is 13.5. The molecule has 2 rings (SSSR count). The highest BCUT2D eigenvalue weighted by Gasteiger charge is 2.20. The summed E-state index contributed by atoms with van der Waals surface area (Å²) in [4.78, 5) is 11.7. The van der Waals surface area contributed by atoms with E-state index in [2.05, 4.69) is 0 Å². The molecule has 0 heterocycles. The molecular weight excluding hydrogens is 297 g/mol. The van der Waals surface area contributed by atoms with Gasteiger partial charge in [0, 0.05) is 12.0 Å². The second-order valence-electron chi connectivity index (χ2n) is 5.36. The second kappa shape index (κ2) is 7.24. The van der Waals surface area contributed by atoms with Crippen molar-refractivity contribution < 1.29 is 19.1 Å². The number of carbonyl (C=O) groups excluding carboxylic acids is 1. The lowest BCUT2D eigenvalue weighted by atomic mass is 10.1. The van der Waals surface area contributed by atoms with E-state index in [1.165, 1.54) is 12.1 Å². The zero-order valence-electron chi connectivity index (χ0n) is 13.5. The smallest absolute Gasteiger partial charge is 0.250 e. The Hall–Kier alpha value is -2.40. The minimum atomic E-state index is -0.670. The molecule has 0 radical (unpaired) electrons. The fourth-order valence-electron chi connectivity index (χ4n) is 2.30. The second-order valence-corrected chi connectivity index (χ2v) is 5.36. The SMILES string of the molecule is CCC(=O)N(O)c1c(F)cccc1COc1ccc(C)cc1C. The van der Waals surface area contributed by atoms with E-state index in [4.69, 9.17) is 4.74 Å². The fraction of sp³-hybridized carbons (Fsp3) is 0.278. The van der Waals surface area contributed by atoms with Crippen molar-refractivity contribution in [2.24, 2.45) is 0 Å². The normalized spacial score (nSPS) is 10.5. The average Bonchev–Trinajstić information content (AvgIpc) is 2.52. The Bertz CT molecular complexity index is 715. The number of halogens is 1. The largest absolute Gasteiger partial charge is 0.489 e. The fourth-order valence-corrected chi connectivity index (χ4v) is 2.30. The van der Waals surface area contributed by atoms with Crippen LogP contribution in [-0.4, -0.2) is 11.1 Å². The first-order chi connectivity index (χ1) is 10.9. The predicted octanol–water partition coefficient (Wildman–Crippen LogP) is 4.15. The minimum absolute atomic E-state index is 0.0467. The van der Waals surface area contributed by atoms with Crippen molar-refractivity contribution in [1.29, 1.82) is 0 Å². The van der Waals surface area contributed by atoms with Gasteiger partial charge < -0.3 is 4.74 Å². The molecule has 0 aliphatic carbocycles. The summed E-state index contributed by atoms with van der Waals surface area (Å²) in [5.41, 5.74) is 2.32. The molecular formula is C18H20FNO3. The maximum absolute atomic E-state index is 14.0. The maximum atomic E-state index is 14.0. The molecule has 2 aromatic rings. The highest BCUT2D eigenvalue weighted by Crippen LogP contribution is 2.27. The van der Waals surface area contributed by atoms with Crippen molar-refractivity contribution >= 4 is 11.6 Å². The van der Waals surface area contributed by atoms with E-state index in [1.54, 1.807) is 13.0 Å². The van der Waals surface area contributed by atoms with Crippen molar-refractivity contribution in [1.82, 2.24) is 0 Å². The van der Waals surface area contributed by atoms with Gasteiger partial charge in [0.25, 0.3) is 5.91 Å². The molecule has 1 amide bonds. The van der Waals surface area contributed by atoms with Gasteiger partial charge in [-0.3, -0.25) is 10.0 Å². The van der Waals surface area contributed by atoms with Gasteiger partial charge in [0.1, 0.15) is 23.9 Å². The number of hydrogen-bond acceptors (Lipinski definition) is 3. The van der Waals surface area contributed by atoms with Gasteiger partial charge in [0.15, 0.2) is 0 Å². The van der Waals surface area contributed by atoms with Gasteiger partial charge in [-0.1, -0.05) is 36.8 Å². The first kappa shape index (κ1) is 17.0. The van der Waals surface area contributed by atoms with Crippen molar-refractivity contribution in [3.8, 4) is 5.75 Å². The van der Waals surface area contributed by atoms with Crippen molar-refractivity contribution in [3.05, 3.63) is 58.9 Å². The molecule has 122 valence electrons. The van der Waals surface area contributed by atoms with Crippen LogP contribution in [0, 0.1) is 19.7 Å². The zero-order chi connectivity index (χ0) is 17.0. The highest BCUT2D eigenvalue weighted by molar-refractivity contribution is 5.91. The van der Waals surface area contributed by atoms with Crippen LogP contribution < -0.4 is 9.80 Å². The Morgan fingerprint density at radius 3 is 2.65 bits per heavy atom. The van der Waals surface area contributed by atoms with Gasteiger partial charge in [0.2, 0.25) is 0 Å². The average molecular weight is 317 g/mol. The van der Waals surface area contributed by atoms with Crippen LogP contribution in [0.15, 0.2) is 36.4 Å². The lowest BCUT2D eigenvalue weighted by Gasteiger charge is -2.19. The number of aryl methyl sites for hydroxylation is 2. The Labute approximate surface area is 135 Å². The molecule has 0 saturated carbocycles. The Kier molecular flexibility index (Phi) is 5.34. The van der Waals surface area contributed by atoms with Gasteiger partial charge in [-0.15, -0.1) is 0 Å². The summed E-state index contributed by atoms with van der Waals surface area (Å²) in [5.74, 6) is -0.573. The van der Waals surface area contributed by atoms with Gasteiger partial charge in [-0.2, -0.15) is 5.06 Å². The van der Waals surface area contributed by atoms with Crippen LogP contribution in [0.3, 0.4) is 0 Å². The molecule has 0 unspecified atom stereocenters. The molecule has 5 heteroatoms. The number of amides is 1. The maximum Gasteiger partial charge on any atom is 0.250 e. The molecule has 4 nitrogen and oxygen atoms in total. The first-order valence-electron chi connectivity index (χ1n) is 7.43. The van der Waals surface area contributed by atoms with Gasteiger partial charge in [-0.25, -0.2) is 4.39 Å². The third kappa shape index (κ3) is 3.87. The third-order valence-electron chi connectivity index (χ3n) is 3.53. The summed E-state index contributed by atoms with van der Waals surface area (Å²) in [5, 5.41) is 10.3. The number of rotatable bonds is 5. The number of anilines is 1. The first-order valence-corrected chi connectivity index (χ1v) is 7.43.